The van der Waals surface area contributed by atoms with E-state index in [-0.39, 0.29) is 11.8 Å². The van der Waals surface area contributed by atoms with Crippen LogP contribution in [0, 0.1) is 5.92 Å². The van der Waals surface area contributed by atoms with Crippen molar-refractivity contribution >= 4 is 59.7 Å². The van der Waals surface area contributed by atoms with Gasteiger partial charge in [0, 0.05) is 17.2 Å². The number of fused-ring (bicyclic) bond motifs is 6. The molecule has 392 valence electrons. The van der Waals surface area contributed by atoms with Crippen molar-refractivity contribution in [2.24, 2.45) is 5.92 Å². The summed E-state index contributed by atoms with van der Waals surface area (Å²) in [5.41, 5.74) is 21.3. The van der Waals surface area contributed by atoms with Gasteiger partial charge in [-0.1, -0.05) is 268 Å². The second kappa shape index (κ2) is 20.9. The van der Waals surface area contributed by atoms with E-state index in [1.807, 2.05) is 0 Å². The van der Waals surface area contributed by atoms with Gasteiger partial charge in [-0.25, -0.2) is 4.98 Å². The lowest BCUT2D eigenvalue weighted by Crippen LogP contribution is -2.13. The zero-order valence-electron chi connectivity index (χ0n) is 46.4. The van der Waals surface area contributed by atoms with Gasteiger partial charge in [0.1, 0.15) is 5.82 Å². The van der Waals surface area contributed by atoms with E-state index in [2.05, 4.69) is 322 Å². The number of benzene rings is 13. The first kappa shape index (κ1) is 49.6. The molecular weight excluding hydrogens is 1000 g/mol. The Hall–Kier alpha value is -10.4. The molecule has 1 heterocycles. The van der Waals surface area contributed by atoms with Gasteiger partial charge in [0.2, 0.25) is 0 Å². The molecule has 1 aliphatic carbocycles. The van der Waals surface area contributed by atoms with Gasteiger partial charge < -0.3 is 0 Å². The van der Waals surface area contributed by atoms with E-state index < -0.39 is 0 Å². The van der Waals surface area contributed by atoms with Crippen LogP contribution < -0.4 is 0 Å². The Labute approximate surface area is 485 Å². The van der Waals surface area contributed by atoms with Crippen molar-refractivity contribution in [3.63, 3.8) is 0 Å². The molecule has 2 heteroatoms. The molecule has 15 rings (SSSR count). The molecule has 14 aromatic rings. The first-order valence-electron chi connectivity index (χ1n) is 29.0. The van der Waals surface area contributed by atoms with Gasteiger partial charge in [-0.3, -0.25) is 4.57 Å². The molecular formula is C81H58N2. The number of imidazole rings is 1. The molecule has 13 aromatic carbocycles. The molecule has 2 unspecified atom stereocenters. The van der Waals surface area contributed by atoms with Crippen LogP contribution in [0.3, 0.4) is 0 Å². The SMILES string of the molecule is CC1=C(/c2ccc(-c3nc4ccccc4n3-c3ccccc3)cc2)c2ccccc2C(c2ccc3c(-c4ccc(-c5ccc6ccccc6c5)cc4)c4ccccc4c(-c4ccc(-c5ccc6ccccc6c5)cc4)c3c2)C(C)/C=C/C=C\1. The zero-order chi connectivity index (χ0) is 55.4. The molecule has 1 aromatic heterocycles. The Morgan fingerprint density at radius 1 is 0.373 bits per heavy atom. The van der Waals surface area contributed by atoms with E-state index in [4.69, 9.17) is 4.98 Å². The normalized spacial score (nSPS) is 16.1. The maximum atomic E-state index is 5.22. The highest BCUT2D eigenvalue weighted by atomic mass is 15.1. The molecule has 2 atom stereocenters. The van der Waals surface area contributed by atoms with Crippen molar-refractivity contribution in [3.8, 4) is 61.6 Å². The Bertz CT molecular complexity index is 4900. The highest BCUT2D eigenvalue weighted by Crippen LogP contribution is 2.48. The van der Waals surface area contributed by atoms with Gasteiger partial charge in [-0.15, -0.1) is 0 Å². The zero-order valence-corrected chi connectivity index (χ0v) is 46.4. The van der Waals surface area contributed by atoms with Crippen molar-refractivity contribution in [2.75, 3.05) is 0 Å². The third-order valence-electron chi connectivity index (χ3n) is 17.3. The Kier molecular flexibility index (Phi) is 12.5. The fraction of sp³-hybridized carbons (Fsp3) is 0.0494. The van der Waals surface area contributed by atoms with E-state index >= 15 is 0 Å². The molecule has 1 aliphatic rings. The minimum Gasteiger partial charge on any atom is -0.292 e. The Morgan fingerprint density at radius 3 is 1.54 bits per heavy atom. The van der Waals surface area contributed by atoms with Gasteiger partial charge in [-0.05, 0) is 176 Å². The molecule has 0 saturated carbocycles. The highest BCUT2D eigenvalue weighted by Gasteiger charge is 2.27. The first-order valence-corrected chi connectivity index (χ1v) is 29.0. The summed E-state index contributed by atoms with van der Waals surface area (Å²) in [5, 5.41) is 9.93. The summed E-state index contributed by atoms with van der Waals surface area (Å²) in [6, 6.07) is 103. The summed E-state index contributed by atoms with van der Waals surface area (Å²) in [5.74, 6) is 1.09. The topological polar surface area (TPSA) is 17.8 Å². The number of allylic oxidation sites excluding steroid dienone is 5. The second-order valence-electron chi connectivity index (χ2n) is 22.3. The minimum atomic E-state index is 0.0190. The summed E-state index contributed by atoms with van der Waals surface area (Å²) >= 11 is 0. The summed E-state index contributed by atoms with van der Waals surface area (Å²) < 4.78 is 2.28. The predicted octanol–water partition coefficient (Wildman–Crippen LogP) is 21.7. The summed E-state index contributed by atoms with van der Waals surface area (Å²) in [7, 11) is 0. The Morgan fingerprint density at radius 2 is 0.880 bits per heavy atom. The molecule has 0 radical (unpaired) electrons. The molecule has 0 saturated heterocycles. The van der Waals surface area contributed by atoms with Crippen molar-refractivity contribution in [1.29, 1.82) is 0 Å². The van der Waals surface area contributed by atoms with E-state index in [9.17, 15) is 0 Å². The molecule has 0 N–H and O–H groups in total. The van der Waals surface area contributed by atoms with E-state index in [0.29, 0.717) is 0 Å². The van der Waals surface area contributed by atoms with Crippen molar-refractivity contribution in [3.05, 3.63) is 331 Å². The van der Waals surface area contributed by atoms with Crippen LogP contribution in [0.15, 0.2) is 309 Å². The lowest BCUT2D eigenvalue weighted by molar-refractivity contribution is 0.623. The molecule has 2 nitrogen and oxygen atoms in total. The van der Waals surface area contributed by atoms with Gasteiger partial charge in [0.05, 0.1) is 11.0 Å². The molecule has 0 bridgehead atoms. The van der Waals surface area contributed by atoms with Gasteiger partial charge >= 0.3 is 0 Å². The quantitative estimate of drug-likeness (QED) is 0.139. The summed E-state index contributed by atoms with van der Waals surface area (Å²) in [6.45, 7) is 4.64. The van der Waals surface area contributed by atoms with E-state index in [1.165, 1.54) is 115 Å². The third kappa shape index (κ3) is 8.97. The van der Waals surface area contributed by atoms with Crippen LogP contribution in [0.1, 0.15) is 42.0 Å². The van der Waals surface area contributed by atoms with E-state index in [0.717, 1.165) is 33.7 Å². The van der Waals surface area contributed by atoms with E-state index in [1.54, 1.807) is 0 Å². The number of para-hydroxylation sites is 3. The van der Waals surface area contributed by atoms with Crippen LogP contribution in [0.25, 0.3) is 121 Å². The molecule has 0 amide bonds. The van der Waals surface area contributed by atoms with Crippen LogP contribution in [0.5, 0.6) is 0 Å². The number of nitrogens with zero attached hydrogens (tertiary/aromatic N) is 2. The lowest BCUT2D eigenvalue weighted by atomic mass is 9.75. The molecule has 83 heavy (non-hydrogen) atoms. The minimum absolute atomic E-state index is 0.0190. The monoisotopic (exact) mass is 1060 g/mol. The van der Waals surface area contributed by atoms with Crippen LogP contribution in [-0.4, -0.2) is 9.55 Å². The first-order chi connectivity index (χ1) is 41.0. The average molecular weight is 1060 g/mol. The van der Waals surface area contributed by atoms with Gasteiger partial charge in [-0.2, -0.15) is 0 Å². The van der Waals surface area contributed by atoms with Gasteiger partial charge in [0.15, 0.2) is 0 Å². The average Bonchev–Trinajstić information content (AvgIpc) is 4.12. The molecule has 0 fully saturated rings. The third-order valence-corrected chi connectivity index (χ3v) is 17.3. The van der Waals surface area contributed by atoms with Crippen LogP contribution in [0.2, 0.25) is 0 Å². The van der Waals surface area contributed by atoms with Crippen LogP contribution in [-0.2, 0) is 0 Å². The predicted molar refractivity (Wildman–Crippen MR) is 352 cm³/mol. The maximum Gasteiger partial charge on any atom is 0.145 e. The fourth-order valence-electron chi connectivity index (χ4n) is 13.2. The smallest absolute Gasteiger partial charge is 0.145 e. The van der Waals surface area contributed by atoms with Crippen molar-refractivity contribution in [2.45, 2.75) is 19.8 Å². The second-order valence-corrected chi connectivity index (χ2v) is 22.3. The molecule has 0 aliphatic heterocycles. The highest BCUT2D eigenvalue weighted by molar-refractivity contribution is 6.21. The Balaban J connectivity index is 0.888. The summed E-state index contributed by atoms with van der Waals surface area (Å²) in [4.78, 5) is 5.22. The molecule has 0 spiro atoms. The fourth-order valence-corrected chi connectivity index (χ4v) is 13.2. The number of hydrogen-bond acceptors (Lipinski definition) is 1. The van der Waals surface area contributed by atoms with Crippen LogP contribution >= 0.6 is 0 Å². The number of aromatic nitrogens is 2. The van der Waals surface area contributed by atoms with Crippen molar-refractivity contribution in [1.82, 2.24) is 9.55 Å². The maximum absolute atomic E-state index is 5.22. The number of hydrogen-bond donors (Lipinski definition) is 0. The largest absolute Gasteiger partial charge is 0.292 e. The summed E-state index contributed by atoms with van der Waals surface area (Å²) in [6.07, 6.45) is 9.13. The lowest BCUT2D eigenvalue weighted by Gasteiger charge is -2.28. The standard InChI is InChI=1S/C81H58N2/c1-53-18-6-7-19-54(2)78(70-27-13-12-26-69(70)77(53)59-42-44-62(45-43-59)81-82-75-30-16-17-31-76(75)83(81)68-24-4-3-5-25-68)67-48-49-73-74(52-67)80(61-40-34-58(35-41-61)66-47-37-56-21-9-11-23-64(56)51-66)72-29-15-14-28-71(72)79(73)60-38-32-57(33-39-60)65-46-36-55-20-8-10-22-63(55)50-65/h3-52,54,78H,1-2H3/b18-6-,19-7+,77-53+. The number of rotatable bonds is 8. The van der Waals surface area contributed by atoms with Crippen LogP contribution in [0.4, 0.5) is 0 Å². The van der Waals surface area contributed by atoms with Gasteiger partial charge in [0.25, 0.3) is 0 Å². The van der Waals surface area contributed by atoms with Crippen molar-refractivity contribution < 1.29 is 0 Å².